The van der Waals surface area contributed by atoms with Gasteiger partial charge in [0.2, 0.25) is 5.88 Å². The van der Waals surface area contributed by atoms with E-state index in [-0.39, 0.29) is 12.0 Å². The molecule has 6 heteroatoms. The van der Waals surface area contributed by atoms with Crippen LogP contribution in [-0.4, -0.2) is 46.6 Å². The van der Waals surface area contributed by atoms with Crippen LogP contribution >= 0.6 is 0 Å². The first-order chi connectivity index (χ1) is 13.3. The molecular weight excluding hydrogens is 342 g/mol. The summed E-state index contributed by atoms with van der Waals surface area (Å²) in [6.45, 7) is 4.20. The third-order valence-electron chi connectivity index (χ3n) is 4.63. The minimum Gasteiger partial charge on any atom is -0.494 e. The predicted octanol–water partition coefficient (Wildman–Crippen LogP) is 3.73. The molecule has 0 saturated carbocycles. The van der Waals surface area contributed by atoms with Gasteiger partial charge in [0, 0.05) is 24.4 Å². The lowest BCUT2D eigenvalue weighted by atomic mass is 10.1. The van der Waals surface area contributed by atoms with Crippen molar-refractivity contribution in [1.82, 2.24) is 14.9 Å². The van der Waals surface area contributed by atoms with Crippen LogP contribution in [0, 0.1) is 0 Å². The molecule has 1 aliphatic heterocycles. The molecule has 1 aliphatic rings. The molecule has 1 atom stereocenters. The van der Waals surface area contributed by atoms with E-state index in [0.29, 0.717) is 18.0 Å². The monoisotopic (exact) mass is 369 g/mol. The van der Waals surface area contributed by atoms with Crippen molar-refractivity contribution in [3.63, 3.8) is 0 Å². The molecule has 2 aromatic rings. The molecule has 1 aromatic heterocycles. The van der Waals surface area contributed by atoms with Gasteiger partial charge in [0.25, 0.3) is 5.91 Å². The van der Waals surface area contributed by atoms with Crippen LogP contribution in [-0.2, 0) is 0 Å². The molecule has 1 saturated heterocycles. The van der Waals surface area contributed by atoms with Gasteiger partial charge in [-0.15, -0.1) is 0 Å². The van der Waals surface area contributed by atoms with Crippen LogP contribution in [0.5, 0.6) is 11.6 Å². The fourth-order valence-corrected chi connectivity index (χ4v) is 3.16. The number of nitrogens with zero attached hydrogens (tertiary/aromatic N) is 3. The summed E-state index contributed by atoms with van der Waals surface area (Å²) in [4.78, 5) is 22.7. The van der Waals surface area contributed by atoms with Crippen LogP contribution in [0.15, 0.2) is 42.9 Å². The van der Waals surface area contributed by atoms with Crippen LogP contribution in [0.25, 0.3) is 0 Å². The second-order valence-corrected chi connectivity index (χ2v) is 6.76. The number of carbonyl (C=O) groups is 1. The van der Waals surface area contributed by atoms with Gasteiger partial charge in [0.05, 0.1) is 13.2 Å². The number of ether oxygens (including phenoxy) is 2. The Hall–Kier alpha value is -2.63. The summed E-state index contributed by atoms with van der Waals surface area (Å²) in [7, 11) is 0. The van der Waals surface area contributed by atoms with Crippen molar-refractivity contribution >= 4 is 5.91 Å². The summed E-state index contributed by atoms with van der Waals surface area (Å²) in [5, 5.41) is 0. The van der Waals surface area contributed by atoms with Crippen LogP contribution in [0.2, 0.25) is 0 Å². The van der Waals surface area contributed by atoms with Gasteiger partial charge in [-0.1, -0.05) is 19.8 Å². The maximum absolute atomic E-state index is 12.8. The fraction of sp³-hybridized carbons (Fsp3) is 0.476. The number of hydrogen-bond acceptors (Lipinski definition) is 5. The van der Waals surface area contributed by atoms with E-state index in [4.69, 9.17) is 9.47 Å². The highest BCUT2D eigenvalue weighted by molar-refractivity contribution is 5.94. The van der Waals surface area contributed by atoms with E-state index in [2.05, 4.69) is 16.9 Å². The average Bonchev–Trinajstić information content (AvgIpc) is 2.72. The Morgan fingerprint density at radius 3 is 2.81 bits per heavy atom. The number of amides is 1. The van der Waals surface area contributed by atoms with Gasteiger partial charge in [-0.25, -0.2) is 9.97 Å². The zero-order valence-electron chi connectivity index (χ0n) is 15.8. The summed E-state index contributed by atoms with van der Waals surface area (Å²) in [6, 6.07) is 9.16. The van der Waals surface area contributed by atoms with Gasteiger partial charge in [-0.2, -0.15) is 0 Å². The second-order valence-electron chi connectivity index (χ2n) is 6.76. The number of aromatic nitrogens is 2. The topological polar surface area (TPSA) is 64.5 Å². The SMILES string of the molecule is CCCCCOc1ccc(C(=O)N2CCCC(Oc3ccncn3)C2)cc1. The number of rotatable bonds is 8. The Balaban J connectivity index is 1.53. The molecule has 1 aromatic carbocycles. The summed E-state index contributed by atoms with van der Waals surface area (Å²) in [5.41, 5.74) is 0.679. The molecule has 0 radical (unpaired) electrons. The summed E-state index contributed by atoms with van der Waals surface area (Å²) < 4.78 is 11.6. The third kappa shape index (κ3) is 5.67. The quantitative estimate of drug-likeness (QED) is 0.664. The third-order valence-corrected chi connectivity index (χ3v) is 4.63. The Bertz CT molecular complexity index is 706. The standard InChI is InChI=1S/C21H27N3O3/c1-2-3-4-14-26-18-9-7-17(8-10-18)21(25)24-13-5-6-19(15-24)27-20-11-12-22-16-23-20/h7-12,16,19H,2-6,13-15H2,1H3. The Labute approximate surface area is 160 Å². The minimum absolute atomic E-state index is 0.0310. The van der Waals surface area contributed by atoms with Crippen molar-refractivity contribution in [2.24, 2.45) is 0 Å². The molecule has 3 rings (SSSR count). The van der Waals surface area contributed by atoms with Crippen LogP contribution in [0.4, 0.5) is 0 Å². The number of benzene rings is 1. The van der Waals surface area contributed by atoms with Crippen molar-refractivity contribution in [3.8, 4) is 11.6 Å². The first-order valence-electron chi connectivity index (χ1n) is 9.71. The van der Waals surface area contributed by atoms with Gasteiger partial charge >= 0.3 is 0 Å². The Morgan fingerprint density at radius 2 is 2.07 bits per heavy atom. The molecule has 0 aliphatic carbocycles. The molecule has 144 valence electrons. The number of carbonyl (C=O) groups excluding carboxylic acids is 1. The molecule has 27 heavy (non-hydrogen) atoms. The van der Waals surface area contributed by atoms with E-state index in [1.165, 1.54) is 19.2 Å². The van der Waals surface area contributed by atoms with Crippen molar-refractivity contribution < 1.29 is 14.3 Å². The minimum atomic E-state index is -0.0428. The van der Waals surface area contributed by atoms with Crippen LogP contribution in [0.3, 0.4) is 0 Å². The molecule has 1 amide bonds. The highest BCUT2D eigenvalue weighted by Crippen LogP contribution is 2.19. The maximum Gasteiger partial charge on any atom is 0.253 e. The lowest BCUT2D eigenvalue weighted by Crippen LogP contribution is -2.44. The Kier molecular flexibility index (Phi) is 7.02. The number of unbranched alkanes of at least 4 members (excludes halogenated alkanes) is 2. The molecule has 6 nitrogen and oxygen atoms in total. The first-order valence-corrected chi connectivity index (χ1v) is 9.71. The maximum atomic E-state index is 12.8. The normalized spacial score (nSPS) is 16.8. The highest BCUT2D eigenvalue weighted by Gasteiger charge is 2.26. The zero-order chi connectivity index (χ0) is 18.9. The Morgan fingerprint density at radius 1 is 1.22 bits per heavy atom. The number of likely N-dealkylation sites (tertiary alicyclic amines) is 1. The predicted molar refractivity (Wildman–Crippen MR) is 103 cm³/mol. The van der Waals surface area contributed by atoms with Gasteiger partial charge in [-0.05, 0) is 43.5 Å². The fourth-order valence-electron chi connectivity index (χ4n) is 3.16. The lowest BCUT2D eigenvalue weighted by Gasteiger charge is -2.32. The first kappa shape index (κ1) is 19.1. The van der Waals surface area contributed by atoms with Gasteiger partial charge in [0.15, 0.2) is 0 Å². The van der Waals surface area contributed by atoms with Crippen molar-refractivity contribution in [2.75, 3.05) is 19.7 Å². The summed E-state index contributed by atoms with van der Waals surface area (Å²) in [6.07, 6.45) is 8.31. The molecule has 1 unspecified atom stereocenters. The van der Waals surface area contributed by atoms with E-state index < -0.39 is 0 Å². The van der Waals surface area contributed by atoms with E-state index in [9.17, 15) is 4.79 Å². The second kappa shape index (κ2) is 9.90. The summed E-state index contributed by atoms with van der Waals surface area (Å²) in [5.74, 6) is 1.39. The molecule has 0 N–H and O–H groups in total. The smallest absolute Gasteiger partial charge is 0.253 e. The lowest BCUT2D eigenvalue weighted by molar-refractivity contribution is 0.0527. The van der Waals surface area contributed by atoms with Gasteiger partial charge < -0.3 is 14.4 Å². The average molecular weight is 369 g/mol. The molecule has 0 spiro atoms. The molecule has 0 bridgehead atoms. The summed E-state index contributed by atoms with van der Waals surface area (Å²) >= 11 is 0. The van der Waals surface area contributed by atoms with E-state index in [1.807, 2.05) is 29.2 Å². The van der Waals surface area contributed by atoms with Crippen LogP contribution < -0.4 is 9.47 Å². The zero-order valence-corrected chi connectivity index (χ0v) is 15.8. The number of hydrogen-bond donors (Lipinski definition) is 0. The number of piperidine rings is 1. The van der Waals surface area contributed by atoms with E-state index in [0.717, 1.165) is 38.2 Å². The van der Waals surface area contributed by atoms with Crippen molar-refractivity contribution in [1.29, 1.82) is 0 Å². The van der Waals surface area contributed by atoms with Crippen molar-refractivity contribution in [3.05, 3.63) is 48.4 Å². The van der Waals surface area contributed by atoms with E-state index >= 15 is 0 Å². The van der Waals surface area contributed by atoms with E-state index in [1.54, 1.807) is 12.3 Å². The highest BCUT2D eigenvalue weighted by atomic mass is 16.5. The molecule has 1 fully saturated rings. The van der Waals surface area contributed by atoms with Crippen LogP contribution in [0.1, 0.15) is 49.4 Å². The van der Waals surface area contributed by atoms with Gasteiger partial charge in [0.1, 0.15) is 18.2 Å². The molecule has 2 heterocycles. The van der Waals surface area contributed by atoms with Crippen molar-refractivity contribution in [2.45, 2.75) is 45.1 Å². The van der Waals surface area contributed by atoms with Gasteiger partial charge in [-0.3, -0.25) is 4.79 Å². The largest absolute Gasteiger partial charge is 0.494 e. The molecular formula is C21H27N3O3.